The number of nitrogens with one attached hydrogen (secondary N) is 1. The van der Waals surface area contributed by atoms with Crippen molar-refractivity contribution >= 4 is 6.09 Å². The van der Waals surface area contributed by atoms with Gasteiger partial charge in [-0.2, -0.15) is 0 Å². The SMILES string of the molecule is COC(=O)NCC(C)(C1CCCCC1)C1CCCCC1. The van der Waals surface area contributed by atoms with Gasteiger partial charge in [0.1, 0.15) is 0 Å². The van der Waals surface area contributed by atoms with E-state index in [4.69, 9.17) is 4.74 Å². The van der Waals surface area contributed by atoms with Gasteiger partial charge in [-0.1, -0.05) is 45.4 Å². The Morgan fingerprint density at radius 1 is 1.00 bits per heavy atom. The average molecular weight is 281 g/mol. The molecule has 1 amide bonds. The number of carbonyl (C=O) groups excluding carboxylic acids is 1. The first kappa shape index (κ1) is 15.7. The minimum atomic E-state index is -0.275. The summed E-state index contributed by atoms with van der Waals surface area (Å²) < 4.78 is 4.77. The van der Waals surface area contributed by atoms with Gasteiger partial charge >= 0.3 is 6.09 Å². The molecule has 0 bridgehead atoms. The summed E-state index contributed by atoms with van der Waals surface area (Å²) >= 11 is 0. The van der Waals surface area contributed by atoms with Gasteiger partial charge in [-0.05, 0) is 42.9 Å². The number of methoxy groups -OCH3 is 1. The number of hydrogen-bond acceptors (Lipinski definition) is 2. The van der Waals surface area contributed by atoms with Gasteiger partial charge in [-0.15, -0.1) is 0 Å². The van der Waals surface area contributed by atoms with Crippen LogP contribution in [-0.2, 0) is 4.74 Å². The van der Waals surface area contributed by atoms with Gasteiger partial charge in [0.05, 0.1) is 7.11 Å². The first-order valence-electron chi connectivity index (χ1n) is 8.48. The van der Waals surface area contributed by atoms with Crippen LogP contribution in [0, 0.1) is 17.3 Å². The number of amides is 1. The lowest BCUT2D eigenvalue weighted by Crippen LogP contribution is -2.46. The summed E-state index contributed by atoms with van der Waals surface area (Å²) in [6, 6.07) is 0. The molecule has 0 unspecified atom stereocenters. The molecule has 3 nitrogen and oxygen atoms in total. The van der Waals surface area contributed by atoms with Crippen LogP contribution < -0.4 is 5.32 Å². The molecule has 0 heterocycles. The minimum absolute atomic E-state index is 0.259. The molecule has 116 valence electrons. The van der Waals surface area contributed by atoms with Crippen LogP contribution in [0.3, 0.4) is 0 Å². The topological polar surface area (TPSA) is 38.3 Å². The van der Waals surface area contributed by atoms with Crippen molar-refractivity contribution in [3.05, 3.63) is 0 Å². The monoisotopic (exact) mass is 281 g/mol. The fourth-order valence-electron chi connectivity index (χ4n) is 4.48. The average Bonchev–Trinajstić information content (AvgIpc) is 2.54. The van der Waals surface area contributed by atoms with Gasteiger partial charge in [-0.3, -0.25) is 0 Å². The van der Waals surface area contributed by atoms with Crippen LogP contribution in [0.25, 0.3) is 0 Å². The predicted octanol–water partition coefficient (Wildman–Crippen LogP) is 4.51. The van der Waals surface area contributed by atoms with Crippen LogP contribution in [0.1, 0.15) is 71.1 Å². The zero-order valence-electron chi connectivity index (χ0n) is 13.2. The number of ether oxygens (including phenoxy) is 1. The molecule has 2 rings (SSSR count). The van der Waals surface area contributed by atoms with E-state index in [1.54, 1.807) is 0 Å². The molecule has 20 heavy (non-hydrogen) atoms. The maximum atomic E-state index is 11.5. The van der Waals surface area contributed by atoms with Gasteiger partial charge in [0, 0.05) is 6.54 Å². The second-order valence-electron chi connectivity index (χ2n) is 7.02. The molecule has 0 radical (unpaired) electrons. The summed E-state index contributed by atoms with van der Waals surface area (Å²) in [6.07, 6.45) is 13.3. The van der Waals surface area contributed by atoms with E-state index in [9.17, 15) is 4.79 Å². The Labute approximate surface area is 123 Å². The highest BCUT2D eigenvalue weighted by molar-refractivity contribution is 5.66. The van der Waals surface area contributed by atoms with E-state index in [1.807, 2.05) is 0 Å². The summed E-state index contributed by atoms with van der Waals surface area (Å²) in [7, 11) is 1.45. The summed E-state index contributed by atoms with van der Waals surface area (Å²) in [4.78, 5) is 11.5. The van der Waals surface area contributed by atoms with Crippen LogP contribution >= 0.6 is 0 Å². The highest BCUT2D eigenvalue weighted by Crippen LogP contribution is 2.48. The van der Waals surface area contributed by atoms with Crippen LogP contribution in [0.5, 0.6) is 0 Å². The van der Waals surface area contributed by atoms with E-state index < -0.39 is 0 Å². The second-order valence-corrected chi connectivity index (χ2v) is 7.02. The number of carbonyl (C=O) groups is 1. The third-order valence-corrected chi connectivity index (χ3v) is 5.87. The van der Waals surface area contributed by atoms with Gasteiger partial charge < -0.3 is 10.1 Å². The summed E-state index contributed by atoms with van der Waals surface area (Å²) in [6.45, 7) is 3.21. The second kappa shape index (κ2) is 7.33. The van der Waals surface area contributed by atoms with E-state index in [0.29, 0.717) is 0 Å². The van der Waals surface area contributed by atoms with Crippen LogP contribution in [0.15, 0.2) is 0 Å². The Bertz CT molecular complexity index is 286. The molecule has 2 fully saturated rings. The highest BCUT2D eigenvalue weighted by atomic mass is 16.5. The Hall–Kier alpha value is -0.730. The number of rotatable bonds is 4. The summed E-state index contributed by atoms with van der Waals surface area (Å²) in [5, 5.41) is 3.01. The van der Waals surface area contributed by atoms with Crippen molar-refractivity contribution in [1.29, 1.82) is 0 Å². The fourth-order valence-corrected chi connectivity index (χ4v) is 4.48. The maximum Gasteiger partial charge on any atom is 0.406 e. The third kappa shape index (κ3) is 3.67. The minimum Gasteiger partial charge on any atom is -0.453 e. The van der Waals surface area contributed by atoms with E-state index in [0.717, 1.165) is 18.4 Å². The first-order valence-corrected chi connectivity index (χ1v) is 8.48. The first-order chi connectivity index (χ1) is 9.66. The van der Waals surface area contributed by atoms with Gasteiger partial charge in [-0.25, -0.2) is 4.79 Å². The van der Waals surface area contributed by atoms with Gasteiger partial charge in [0.15, 0.2) is 0 Å². The molecule has 0 aromatic carbocycles. The molecule has 0 spiro atoms. The zero-order chi connectivity index (χ0) is 14.4. The molecule has 2 saturated carbocycles. The van der Waals surface area contributed by atoms with Crippen LogP contribution in [0.4, 0.5) is 4.79 Å². The van der Waals surface area contributed by atoms with E-state index in [1.165, 1.54) is 71.3 Å². The lowest BCUT2D eigenvalue weighted by atomic mass is 9.60. The fraction of sp³-hybridized carbons (Fsp3) is 0.941. The maximum absolute atomic E-state index is 11.5. The summed E-state index contributed by atoms with van der Waals surface area (Å²) in [5.74, 6) is 1.55. The Balaban J connectivity index is 2.05. The molecule has 0 aliphatic heterocycles. The van der Waals surface area contributed by atoms with Gasteiger partial charge in [0.2, 0.25) is 0 Å². The van der Waals surface area contributed by atoms with Crippen LogP contribution in [-0.4, -0.2) is 19.7 Å². The van der Waals surface area contributed by atoms with Crippen LogP contribution in [0.2, 0.25) is 0 Å². The largest absolute Gasteiger partial charge is 0.453 e. The molecule has 0 aromatic heterocycles. The van der Waals surface area contributed by atoms with Crippen molar-refractivity contribution in [3.8, 4) is 0 Å². The molecule has 0 atom stereocenters. The van der Waals surface area contributed by atoms with Crippen molar-refractivity contribution in [2.75, 3.05) is 13.7 Å². The Morgan fingerprint density at radius 2 is 1.45 bits per heavy atom. The third-order valence-electron chi connectivity index (χ3n) is 5.87. The van der Waals surface area contributed by atoms with Crippen molar-refractivity contribution in [1.82, 2.24) is 5.32 Å². The number of hydrogen-bond donors (Lipinski definition) is 1. The van der Waals surface area contributed by atoms with Crippen molar-refractivity contribution in [3.63, 3.8) is 0 Å². The van der Waals surface area contributed by atoms with E-state index in [2.05, 4.69) is 12.2 Å². The standard InChI is InChI=1S/C17H31NO2/c1-17(13-18-16(19)20-2,14-9-5-3-6-10-14)15-11-7-4-8-12-15/h14-15H,3-13H2,1-2H3,(H,18,19). The normalized spacial score (nSPS) is 22.5. The zero-order valence-corrected chi connectivity index (χ0v) is 13.2. The molecular formula is C17H31NO2. The predicted molar refractivity (Wildman–Crippen MR) is 81.7 cm³/mol. The van der Waals surface area contributed by atoms with Gasteiger partial charge in [0.25, 0.3) is 0 Å². The highest BCUT2D eigenvalue weighted by Gasteiger charge is 2.41. The molecule has 3 heteroatoms. The molecule has 1 N–H and O–H groups in total. The lowest BCUT2D eigenvalue weighted by Gasteiger charge is -2.47. The number of alkyl carbamates (subject to hydrolysis) is 1. The Kier molecular flexibility index (Phi) is 5.74. The lowest BCUT2D eigenvalue weighted by molar-refractivity contribution is 0.0394. The summed E-state index contributed by atoms with van der Waals surface area (Å²) in [5.41, 5.74) is 0.259. The van der Waals surface area contributed by atoms with E-state index in [-0.39, 0.29) is 11.5 Å². The van der Waals surface area contributed by atoms with Crippen molar-refractivity contribution in [2.45, 2.75) is 71.1 Å². The van der Waals surface area contributed by atoms with E-state index >= 15 is 0 Å². The molecule has 2 aliphatic carbocycles. The van der Waals surface area contributed by atoms with Crippen molar-refractivity contribution in [2.24, 2.45) is 17.3 Å². The molecular weight excluding hydrogens is 250 g/mol. The Morgan fingerprint density at radius 3 is 1.85 bits per heavy atom. The molecule has 2 aliphatic rings. The molecule has 0 saturated heterocycles. The molecule has 0 aromatic rings. The smallest absolute Gasteiger partial charge is 0.406 e. The van der Waals surface area contributed by atoms with Crippen molar-refractivity contribution < 1.29 is 9.53 Å². The quantitative estimate of drug-likeness (QED) is 0.823.